The van der Waals surface area contributed by atoms with Gasteiger partial charge in [0.05, 0.1) is 0 Å². The summed E-state index contributed by atoms with van der Waals surface area (Å²) >= 11 is 2.59. The molecule has 4 aromatic rings. The van der Waals surface area contributed by atoms with E-state index in [-0.39, 0.29) is 5.65 Å². The molecule has 0 atom stereocenters. The highest BCUT2D eigenvalue weighted by atomic mass is 32.2. The first-order valence-electron chi connectivity index (χ1n) is 7.86. The Morgan fingerprint density at radius 3 is 2.74 bits per heavy atom. The first-order chi connectivity index (χ1) is 13.0. The summed E-state index contributed by atoms with van der Waals surface area (Å²) in [7, 11) is 0. The number of aryl methyl sites for hydroxylation is 1. The van der Waals surface area contributed by atoms with Gasteiger partial charge in [0.15, 0.2) is 9.99 Å². The summed E-state index contributed by atoms with van der Waals surface area (Å²) in [5.41, 5.74) is 3.55. The van der Waals surface area contributed by atoms with Crippen LogP contribution in [0.1, 0.15) is 23.4 Å². The highest BCUT2D eigenvalue weighted by Crippen LogP contribution is 2.33. The molecular formula is C16H13F2N7S2. The van der Waals surface area contributed by atoms with Gasteiger partial charge in [-0.05, 0) is 54.9 Å². The predicted octanol–water partition coefficient (Wildman–Crippen LogP) is 4.43. The molecule has 4 rings (SSSR count). The Balaban J connectivity index is 1.55. The molecule has 0 radical (unpaired) electrons. The molecule has 7 nitrogen and oxygen atoms in total. The zero-order valence-corrected chi connectivity index (χ0v) is 15.9. The highest BCUT2D eigenvalue weighted by Gasteiger charge is 2.17. The van der Waals surface area contributed by atoms with Crippen molar-refractivity contribution in [2.45, 2.75) is 29.6 Å². The minimum atomic E-state index is -2.75. The van der Waals surface area contributed by atoms with Crippen LogP contribution in [0.3, 0.4) is 0 Å². The number of halogens is 2. The first kappa shape index (κ1) is 17.7. The normalized spacial score (nSPS) is 11.4. The molecule has 3 heterocycles. The second-order valence-electron chi connectivity index (χ2n) is 5.65. The average molecular weight is 405 g/mol. The SMILES string of the molecule is Cc1cccc(Nc2nnc(Sc3ccc4nnc(C(F)F)n4n3)s2)c1C. The van der Waals surface area contributed by atoms with Crippen molar-refractivity contribution < 1.29 is 8.78 Å². The molecule has 0 bridgehead atoms. The molecule has 0 aliphatic rings. The van der Waals surface area contributed by atoms with Gasteiger partial charge < -0.3 is 5.32 Å². The lowest BCUT2D eigenvalue weighted by atomic mass is 10.1. The van der Waals surface area contributed by atoms with E-state index in [1.54, 1.807) is 12.1 Å². The van der Waals surface area contributed by atoms with E-state index in [1.165, 1.54) is 28.7 Å². The molecule has 0 fully saturated rings. The summed E-state index contributed by atoms with van der Waals surface area (Å²) in [6.45, 7) is 4.08. The highest BCUT2D eigenvalue weighted by molar-refractivity contribution is 8.01. The summed E-state index contributed by atoms with van der Waals surface area (Å²) in [6, 6.07) is 9.26. The smallest absolute Gasteiger partial charge is 0.299 e. The Morgan fingerprint density at radius 2 is 1.93 bits per heavy atom. The molecule has 1 aromatic carbocycles. The van der Waals surface area contributed by atoms with Crippen molar-refractivity contribution >= 4 is 39.6 Å². The van der Waals surface area contributed by atoms with Crippen LogP contribution in [0, 0.1) is 13.8 Å². The largest absolute Gasteiger partial charge is 0.330 e. The molecule has 0 aliphatic carbocycles. The van der Waals surface area contributed by atoms with Crippen LogP contribution in [-0.4, -0.2) is 30.0 Å². The maximum atomic E-state index is 13.0. The van der Waals surface area contributed by atoms with E-state index in [1.807, 2.05) is 32.0 Å². The van der Waals surface area contributed by atoms with Crippen molar-refractivity contribution in [1.82, 2.24) is 30.0 Å². The lowest BCUT2D eigenvalue weighted by Gasteiger charge is -2.08. The first-order valence-corrected chi connectivity index (χ1v) is 9.49. The van der Waals surface area contributed by atoms with Crippen molar-refractivity contribution in [2.24, 2.45) is 0 Å². The van der Waals surface area contributed by atoms with Gasteiger partial charge in [0, 0.05) is 5.69 Å². The lowest BCUT2D eigenvalue weighted by molar-refractivity contribution is 0.137. The Hall–Kier alpha value is -2.66. The number of aromatic nitrogens is 6. The monoisotopic (exact) mass is 405 g/mol. The molecule has 3 aromatic heterocycles. The fraction of sp³-hybridized carbons (Fsp3) is 0.188. The van der Waals surface area contributed by atoms with Crippen LogP contribution in [-0.2, 0) is 0 Å². The summed E-state index contributed by atoms with van der Waals surface area (Å²) in [5.74, 6) is -0.484. The van der Waals surface area contributed by atoms with Crippen molar-refractivity contribution in [3.8, 4) is 0 Å². The quantitative estimate of drug-likeness (QED) is 0.526. The molecular weight excluding hydrogens is 392 g/mol. The Kier molecular flexibility index (Phi) is 4.70. The predicted molar refractivity (Wildman–Crippen MR) is 99.0 cm³/mol. The number of hydrogen-bond donors (Lipinski definition) is 1. The fourth-order valence-electron chi connectivity index (χ4n) is 2.37. The molecule has 0 aliphatic heterocycles. The molecule has 0 saturated carbocycles. The van der Waals surface area contributed by atoms with Crippen molar-refractivity contribution in [2.75, 3.05) is 5.32 Å². The minimum absolute atomic E-state index is 0.268. The number of rotatable bonds is 5. The maximum absolute atomic E-state index is 13.0. The van der Waals surface area contributed by atoms with Gasteiger partial charge >= 0.3 is 0 Å². The molecule has 138 valence electrons. The number of anilines is 2. The summed E-state index contributed by atoms with van der Waals surface area (Å²) < 4.78 is 27.6. The molecule has 1 N–H and O–H groups in total. The third kappa shape index (κ3) is 3.60. The van der Waals surface area contributed by atoms with E-state index in [2.05, 4.69) is 30.8 Å². The second kappa shape index (κ2) is 7.16. The zero-order valence-electron chi connectivity index (χ0n) is 14.2. The third-order valence-corrected chi connectivity index (χ3v) is 5.72. The van der Waals surface area contributed by atoms with Gasteiger partial charge in [0.2, 0.25) is 11.0 Å². The van der Waals surface area contributed by atoms with Crippen molar-refractivity contribution in [1.29, 1.82) is 0 Å². The van der Waals surface area contributed by atoms with Crippen LogP contribution in [0.5, 0.6) is 0 Å². The van der Waals surface area contributed by atoms with Gasteiger partial charge in [-0.3, -0.25) is 0 Å². The van der Waals surface area contributed by atoms with Crippen LogP contribution in [0.2, 0.25) is 0 Å². The number of hydrogen-bond acceptors (Lipinski definition) is 8. The van der Waals surface area contributed by atoms with E-state index in [0.29, 0.717) is 14.5 Å². The third-order valence-electron chi connectivity index (χ3n) is 3.90. The van der Waals surface area contributed by atoms with Gasteiger partial charge in [0.1, 0.15) is 5.03 Å². The summed E-state index contributed by atoms with van der Waals surface area (Å²) in [4.78, 5) is 0. The summed E-state index contributed by atoms with van der Waals surface area (Å²) in [5, 5.41) is 24.0. The summed E-state index contributed by atoms with van der Waals surface area (Å²) in [6.07, 6.45) is -2.75. The van der Waals surface area contributed by atoms with E-state index < -0.39 is 12.2 Å². The van der Waals surface area contributed by atoms with Gasteiger partial charge in [-0.1, -0.05) is 23.5 Å². The van der Waals surface area contributed by atoms with E-state index in [0.717, 1.165) is 15.8 Å². The van der Waals surface area contributed by atoms with Gasteiger partial charge in [0.25, 0.3) is 6.43 Å². The fourth-order valence-corrected chi connectivity index (χ4v) is 4.04. The molecule has 0 unspecified atom stereocenters. The van der Waals surface area contributed by atoms with E-state index in [9.17, 15) is 8.78 Å². The minimum Gasteiger partial charge on any atom is -0.330 e. The Morgan fingerprint density at radius 1 is 1.07 bits per heavy atom. The van der Waals surface area contributed by atoms with Crippen LogP contribution < -0.4 is 5.32 Å². The van der Waals surface area contributed by atoms with Crippen LogP contribution in [0.25, 0.3) is 5.65 Å². The molecule has 27 heavy (non-hydrogen) atoms. The van der Waals surface area contributed by atoms with E-state index in [4.69, 9.17) is 0 Å². The number of fused-ring (bicyclic) bond motifs is 1. The number of alkyl halides is 2. The van der Waals surface area contributed by atoms with Gasteiger partial charge in [-0.15, -0.1) is 20.4 Å². The van der Waals surface area contributed by atoms with Crippen LogP contribution in [0.15, 0.2) is 39.7 Å². The molecule has 11 heteroatoms. The topological polar surface area (TPSA) is 80.9 Å². The van der Waals surface area contributed by atoms with E-state index >= 15 is 0 Å². The zero-order chi connectivity index (χ0) is 19.0. The lowest BCUT2D eigenvalue weighted by Crippen LogP contribution is -2.00. The van der Waals surface area contributed by atoms with Crippen molar-refractivity contribution in [3.05, 3.63) is 47.3 Å². The van der Waals surface area contributed by atoms with Gasteiger partial charge in [-0.2, -0.15) is 9.61 Å². The molecule has 0 amide bonds. The molecule has 0 spiro atoms. The number of nitrogens with one attached hydrogen (secondary N) is 1. The standard InChI is InChI=1S/C16H13F2N7S2/c1-8-4-3-5-10(9(8)2)19-15-22-23-16(27-15)26-12-7-6-11-20-21-14(13(17)18)25(11)24-12/h3-7,13H,1-2H3,(H,19,22). The molecule has 0 saturated heterocycles. The van der Waals surface area contributed by atoms with Crippen LogP contribution >= 0.6 is 23.1 Å². The van der Waals surface area contributed by atoms with Crippen LogP contribution in [0.4, 0.5) is 19.6 Å². The number of nitrogens with zero attached hydrogens (tertiary/aromatic N) is 6. The second-order valence-corrected chi connectivity index (χ2v) is 7.89. The average Bonchev–Trinajstić information content (AvgIpc) is 3.25. The Labute approximate surface area is 160 Å². The van der Waals surface area contributed by atoms with Gasteiger partial charge in [-0.25, -0.2) is 8.78 Å². The Bertz CT molecular complexity index is 1110. The van der Waals surface area contributed by atoms with Crippen molar-refractivity contribution in [3.63, 3.8) is 0 Å². The maximum Gasteiger partial charge on any atom is 0.299 e. The number of benzene rings is 1.